The molecule has 0 aliphatic rings. The Kier molecular flexibility index (Phi) is 4.16. The third kappa shape index (κ3) is 3.78. The van der Waals surface area contributed by atoms with Crippen molar-refractivity contribution in [3.63, 3.8) is 0 Å². The number of urea groups is 1. The van der Waals surface area contributed by atoms with Crippen molar-refractivity contribution in [1.82, 2.24) is 30.1 Å². The van der Waals surface area contributed by atoms with E-state index in [4.69, 9.17) is 11.6 Å². The average Bonchev–Trinajstić information content (AvgIpc) is 3.03. The van der Waals surface area contributed by atoms with Gasteiger partial charge in [0.1, 0.15) is 0 Å². The number of anilines is 1. The Morgan fingerprint density at radius 3 is 3.04 bits per heavy atom. The molecule has 0 spiro atoms. The quantitative estimate of drug-likeness (QED) is 0.681. The Labute approximate surface area is 137 Å². The normalized spacial score (nSPS) is 12.3. The standard InChI is InChI=1S/C14H16ClN7O/c1-8(5-11-6-9(2)19-20-11)16-14(23)18-13-17-12-4-3-10(15)7-22(12)21-13/h3-4,6-8H,5H2,1-2H3,(H,19,20)(H2,16,18,21,23)/t8-/m1/s1. The zero-order valence-corrected chi connectivity index (χ0v) is 13.4. The molecule has 23 heavy (non-hydrogen) atoms. The van der Waals surface area contributed by atoms with Crippen LogP contribution in [0.15, 0.2) is 24.4 Å². The summed E-state index contributed by atoms with van der Waals surface area (Å²) in [6.07, 6.45) is 2.25. The highest BCUT2D eigenvalue weighted by atomic mass is 35.5. The van der Waals surface area contributed by atoms with Crippen LogP contribution in [-0.2, 0) is 6.42 Å². The first-order valence-electron chi connectivity index (χ1n) is 7.10. The molecule has 0 bridgehead atoms. The second-order valence-corrected chi connectivity index (χ2v) is 5.77. The average molecular weight is 334 g/mol. The van der Waals surface area contributed by atoms with Crippen molar-refractivity contribution in [1.29, 1.82) is 0 Å². The van der Waals surface area contributed by atoms with Crippen molar-refractivity contribution >= 4 is 29.2 Å². The van der Waals surface area contributed by atoms with Gasteiger partial charge in [-0.2, -0.15) is 10.1 Å². The molecule has 9 heteroatoms. The van der Waals surface area contributed by atoms with Crippen molar-refractivity contribution in [3.05, 3.63) is 40.8 Å². The maximum Gasteiger partial charge on any atom is 0.321 e. The largest absolute Gasteiger partial charge is 0.335 e. The molecule has 3 heterocycles. The molecule has 0 aromatic carbocycles. The SMILES string of the molecule is Cc1cc(C[C@@H](C)NC(=O)Nc2nc3ccc(Cl)cn3n2)n[nH]1. The van der Waals surface area contributed by atoms with Gasteiger partial charge in [-0.3, -0.25) is 10.4 Å². The third-order valence-electron chi connectivity index (χ3n) is 3.17. The maximum absolute atomic E-state index is 12.0. The number of nitrogens with zero attached hydrogens (tertiary/aromatic N) is 4. The van der Waals surface area contributed by atoms with Crippen LogP contribution in [0.4, 0.5) is 10.7 Å². The van der Waals surface area contributed by atoms with Crippen molar-refractivity contribution in [3.8, 4) is 0 Å². The molecular weight excluding hydrogens is 318 g/mol. The van der Waals surface area contributed by atoms with Gasteiger partial charge in [0.2, 0.25) is 0 Å². The van der Waals surface area contributed by atoms with E-state index in [1.54, 1.807) is 18.3 Å². The fraction of sp³-hybridized carbons (Fsp3) is 0.286. The fourth-order valence-electron chi connectivity index (χ4n) is 2.22. The zero-order valence-electron chi connectivity index (χ0n) is 12.7. The number of hydrogen-bond donors (Lipinski definition) is 3. The topological polar surface area (TPSA) is 100 Å². The summed E-state index contributed by atoms with van der Waals surface area (Å²) in [5.41, 5.74) is 2.49. The predicted molar refractivity (Wildman–Crippen MR) is 86.6 cm³/mol. The van der Waals surface area contributed by atoms with Gasteiger partial charge in [-0.15, -0.1) is 5.10 Å². The molecule has 3 N–H and O–H groups in total. The summed E-state index contributed by atoms with van der Waals surface area (Å²) in [5, 5.41) is 17.1. The van der Waals surface area contributed by atoms with Gasteiger partial charge in [0.25, 0.3) is 5.95 Å². The van der Waals surface area contributed by atoms with E-state index in [-0.39, 0.29) is 18.0 Å². The lowest BCUT2D eigenvalue weighted by Gasteiger charge is -2.11. The minimum absolute atomic E-state index is 0.0795. The third-order valence-corrected chi connectivity index (χ3v) is 3.40. The summed E-state index contributed by atoms with van der Waals surface area (Å²) in [5.74, 6) is 0.215. The molecule has 0 radical (unpaired) electrons. The summed E-state index contributed by atoms with van der Waals surface area (Å²) in [6.45, 7) is 3.84. The van der Waals surface area contributed by atoms with E-state index in [9.17, 15) is 4.79 Å². The Bertz CT molecular complexity index is 841. The molecular formula is C14H16ClN7O. The van der Waals surface area contributed by atoms with E-state index in [1.807, 2.05) is 19.9 Å². The lowest BCUT2D eigenvalue weighted by molar-refractivity contribution is 0.249. The summed E-state index contributed by atoms with van der Waals surface area (Å²) in [7, 11) is 0. The number of amides is 2. The zero-order chi connectivity index (χ0) is 16.4. The van der Waals surface area contributed by atoms with Crippen LogP contribution in [0.25, 0.3) is 5.65 Å². The fourth-order valence-corrected chi connectivity index (χ4v) is 2.37. The number of H-pyrrole nitrogens is 1. The molecule has 0 unspecified atom stereocenters. The van der Waals surface area contributed by atoms with Crippen molar-refractivity contribution in [2.45, 2.75) is 26.3 Å². The number of carbonyl (C=O) groups excluding carboxylic acids is 1. The molecule has 120 valence electrons. The summed E-state index contributed by atoms with van der Waals surface area (Å²) in [4.78, 5) is 16.2. The molecule has 8 nitrogen and oxygen atoms in total. The molecule has 1 atom stereocenters. The number of rotatable bonds is 4. The van der Waals surface area contributed by atoms with Crippen molar-refractivity contribution in [2.75, 3.05) is 5.32 Å². The van der Waals surface area contributed by atoms with Gasteiger partial charge >= 0.3 is 6.03 Å². The molecule has 2 amide bonds. The van der Waals surface area contributed by atoms with E-state index in [0.29, 0.717) is 17.1 Å². The van der Waals surface area contributed by atoms with Gasteiger partial charge < -0.3 is 5.32 Å². The highest BCUT2D eigenvalue weighted by molar-refractivity contribution is 6.30. The molecule has 0 saturated carbocycles. The first kappa shape index (κ1) is 15.3. The highest BCUT2D eigenvalue weighted by Crippen LogP contribution is 2.11. The molecule has 0 aliphatic carbocycles. The van der Waals surface area contributed by atoms with Crippen LogP contribution in [-0.4, -0.2) is 36.9 Å². The van der Waals surface area contributed by atoms with Gasteiger partial charge in [-0.1, -0.05) is 11.6 Å². The predicted octanol–water partition coefficient (Wildman–Crippen LogP) is 2.17. The number of aryl methyl sites for hydroxylation is 1. The van der Waals surface area contributed by atoms with Gasteiger partial charge in [0.05, 0.1) is 10.7 Å². The number of hydrogen-bond acceptors (Lipinski definition) is 4. The van der Waals surface area contributed by atoms with Crippen LogP contribution in [0, 0.1) is 6.92 Å². The number of carbonyl (C=O) groups is 1. The van der Waals surface area contributed by atoms with Gasteiger partial charge in [0.15, 0.2) is 5.65 Å². The van der Waals surface area contributed by atoms with E-state index >= 15 is 0 Å². The summed E-state index contributed by atoms with van der Waals surface area (Å²) in [6, 6.07) is 4.93. The van der Waals surface area contributed by atoms with Crippen LogP contribution >= 0.6 is 11.6 Å². The lowest BCUT2D eigenvalue weighted by atomic mass is 10.2. The van der Waals surface area contributed by atoms with Crippen LogP contribution in [0.1, 0.15) is 18.3 Å². The monoisotopic (exact) mass is 333 g/mol. The smallest absolute Gasteiger partial charge is 0.321 e. The number of fused-ring (bicyclic) bond motifs is 1. The lowest BCUT2D eigenvalue weighted by Crippen LogP contribution is -2.37. The maximum atomic E-state index is 12.0. The summed E-state index contributed by atoms with van der Waals surface area (Å²) >= 11 is 5.88. The Morgan fingerprint density at radius 2 is 2.30 bits per heavy atom. The first-order chi connectivity index (χ1) is 11.0. The molecule has 0 fully saturated rings. The summed E-state index contributed by atoms with van der Waals surface area (Å²) < 4.78 is 1.51. The number of halogens is 1. The van der Waals surface area contributed by atoms with E-state index < -0.39 is 0 Å². The van der Waals surface area contributed by atoms with Crippen LogP contribution in [0.3, 0.4) is 0 Å². The molecule has 3 aromatic heterocycles. The molecule has 3 rings (SSSR count). The Hall–Kier alpha value is -2.61. The molecule has 3 aromatic rings. The van der Waals surface area contributed by atoms with Crippen LogP contribution in [0.2, 0.25) is 5.02 Å². The highest BCUT2D eigenvalue weighted by Gasteiger charge is 2.12. The minimum Gasteiger partial charge on any atom is -0.335 e. The van der Waals surface area contributed by atoms with Crippen molar-refractivity contribution < 1.29 is 4.79 Å². The van der Waals surface area contributed by atoms with Gasteiger partial charge in [-0.05, 0) is 32.0 Å². The minimum atomic E-state index is -0.369. The number of aromatic amines is 1. The van der Waals surface area contributed by atoms with E-state index in [1.165, 1.54) is 4.52 Å². The first-order valence-corrected chi connectivity index (χ1v) is 7.48. The second-order valence-electron chi connectivity index (χ2n) is 5.33. The van der Waals surface area contributed by atoms with Gasteiger partial charge in [0, 0.05) is 24.4 Å². The van der Waals surface area contributed by atoms with Crippen LogP contribution < -0.4 is 10.6 Å². The van der Waals surface area contributed by atoms with Gasteiger partial charge in [-0.25, -0.2) is 9.31 Å². The number of nitrogens with one attached hydrogen (secondary N) is 3. The Balaban J connectivity index is 1.59. The van der Waals surface area contributed by atoms with Crippen molar-refractivity contribution in [2.24, 2.45) is 0 Å². The van der Waals surface area contributed by atoms with E-state index in [0.717, 1.165) is 11.4 Å². The second kappa shape index (κ2) is 6.25. The number of aromatic nitrogens is 5. The molecule has 0 saturated heterocycles. The number of pyridine rings is 1. The van der Waals surface area contributed by atoms with Crippen LogP contribution in [0.5, 0.6) is 0 Å². The molecule has 0 aliphatic heterocycles. The van der Waals surface area contributed by atoms with E-state index in [2.05, 4.69) is 30.9 Å². The Morgan fingerprint density at radius 1 is 1.48 bits per heavy atom.